The van der Waals surface area contributed by atoms with E-state index in [1.54, 1.807) is 34.9 Å². The van der Waals surface area contributed by atoms with Gasteiger partial charge < -0.3 is 10.6 Å². The van der Waals surface area contributed by atoms with E-state index in [0.29, 0.717) is 33.3 Å². The summed E-state index contributed by atoms with van der Waals surface area (Å²) in [6.07, 6.45) is 4.42. The van der Waals surface area contributed by atoms with Gasteiger partial charge >= 0.3 is 0 Å². The minimum Gasteiger partial charge on any atom is -0.363 e. The summed E-state index contributed by atoms with van der Waals surface area (Å²) in [6.45, 7) is 2.03. The van der Waals surface area contributed by atoms with Crippen LogP contribution in [0.3, 0.4) is 0 Å². The van der Waals surface area contributed by atoms with Gasteiger partial charge in [-0.15, -0.1) is 0 Å². The molecule has 1 fully saturated rings. The Balaban J connectivity index is 0.000000503. The number of nitrogens with zero attached hydrogens (tertiary/aromatic N) is 3. The molecule has 5 aromatic rings. The lowest BCUT2D eigenvalue weighted by atomic mass is 10.1. The smallest absolute Gasteiger partial charge is 0.181 e. The molecule has 5 nitrogen and oxygen atoms in total. The summed E-state index contributed by atoms with van der Waals surface area (Å²) in [4.78, 5) is 8.91. The maximum atomic E-state index is 14.1. The van der Waals surface area contributed by atoms with E-state index in [1.165, 1.54) is 18.9 Å². The number of benzene rings is 3. The second kappa shape index (κ2) is 10.4. The number of aromatic nitrogens is 3. The van der Waals surface area contributed by atoms with E-state index in [4.69, 9.17) is 11.6 Å². The molecule has 1 saturated carbocycles. The lowest BCUT2D eigenvalue weighted by Gasteiger charge is -2.13. The highest BCUT2D eigenvalue weighted by atomic mass is 35.5. The zero-order chi connectivity index (χ0) is 26.1. The summed E-state index contributed by atoms with van der Waals surface area (Å²) in [7, 11) is 2.01. The number of halogens is 4. The lowest BCUT2D eigenvalue weighted by molar-refractivity contribution is 0.510. The van der Waals surface area contributed by atoms with Crippen LogP contribution >= 0.6 is 11.6 Å². The molecule has 6 rings (SSSR count). The maximum Gasteiger partial charge on any atom is 0.181 e. The fraction of sp³-hybridized carbons (Fsp3) is 0.214. The molecule has 0 aliphatic heterocycles. The highest BCUT2D eigenvalue weighted by Gasteiger charge is 2.18. The molecule has 1 aliphatic carbocycles. The average Bonchev–Trinajstić information content (AvgIpc) is 3.63. The van der Waals surface area contributed by atoms with Crippen LogP contribution in [0.5, 0.6) is 0 Å². The van der Waals surface area contributed by atoms with Gasteiger partial charge in [-0.05, 0) is 44.5 Å². The van der Waals surface area contributed by atoms with Crippen LogP contribution in [0.15, 0.2) is 60.8 Å². The quantitative estimate of drug-likeness (QED) is 0.263. The third-order valence-electron chi connectivity index (χ3n) is 6.32. The van der Waals surface area contributed by atoms with Crippen molar-refractivity contribution in [2.75, 3.05) is 12.4 Å². The molecule has 0 radical (unpaired) electrons. The van der Waals surface area contributed by atoms with Crippen molar-refractivity contribution in [3.8, 4) is 11.3 Å². The fourth-order valence-corrected chi connectivity index (χ4v) is 4.18. The molecular formula is C28H25ClF3N5. The van der Waals surface area contributed by atoms with Gasteiger partial charge in [-0.1, -0.05) is 41.9 Å². The van der Waals surface area contributed by atoms with Gasteiger partial charge in [0.05, 0.1) is 22.9 Å². The Kier molecular flexibility index (Phi) is 7.04. The van der Waals surface area contributed by atoms with E-state index in [0.717, 1.165) is 29.3 Å². The molecule has 190 valence electrons. The topological polar surface area (TPSA) is 54.2 Å². The predicted octanol–water partition coefficient (Wildman–Crippen LogP) is 6.91. The molecule has 2 aromatic heterocycles. The van der Waals surface area contributed by atoms with Crippen LogP contribution < -0.4 is 10.6 Å². The minimum absolute atomic E-state index is 0.142. The Morgan fingerprint density at radius 1 is 1.00 bits per heavy atom. The van der Waals surface area contributed by atoms with Gasteiger partial charge in [0.25, 0.3) is 0 Å². The molecule has 0 amide bonds. The van der Waals surface area contributed by atoms with E-state index in [1.807, 2.05) is 26.1 Å². The molecule has 2 N–H and O–H groups in total. The molecule has 3 aromatic carbocycles. The van der Waals surface area contributed by atoms with Crippen molar-refractivity contribution in [2.45, 2.75) is 32.4 Å². The zero-order valence-corrected chi connectivity index (χ0v) is 21.1. The Morgan fingerprint density at radius 3 is 2.43 bits per heavy atom. The molecule has 2 heterocycles. The molecule has 0 unspecified atom stereocenters. The summed E-state index contributed by atoms with van der Waals surface area (Å²) in [6, 6.07) is 14.9. The van der Waals surface area contributed by atoms with Crippen molar-refractivity contribution in [3.63, 3.8) is 0 Å². The summed E-state index contributed by atoms with van der Waals surface area (Å²) >= 11 is 6.31. The Hall–Kier alpha value is -3.62. The number of hydrogen-bond acceptors (Lipinski definition) is 4. The Labute approximate surface area is 217 Å². The molecule has 0 atom stereocenters. The van der Waals surface area contributed by atoms with Crippen LogP contribution in [0.4, 0.5) is 19.0 Å². The molecule has 9 heteroatoms. The van der Waals surface area contributed by atoms with Crippen LogP contribution in [0.25, 0.3) is 27.9 Å². The van der Waals surface area contributed by atoms with Gasteiger partial charge in [0, 0.05) is 40.9 Å². The Morgan fingerprint density at radius 2 is 1.76 bits per heavy atom. The van der Waals surface area contributed by atoms with E-state index in [9.17, 15) is 13.2 Å². The zero-order valence-electron chi connectivity index (χ0n) is 20.3. The van der Waals surface area contributed by atoms with Gasteiger partial charge in [0.2, 0.25) is 0 Å². The van der Waals surface area contributed by atoms with E-state index in [2.05, 4.69) is 20.6 Å². The lowest BCUT2D eigenvalue weighted by Crippen LogP contribution is -2.07. The normalized spacial score (nSPS) is 13.0. The standard InChI is InChI=1S/C24H16ClF3N4.C4H9N/c1-13-6-7-14(8-16(13)25)22-12-30-24-23(29-11-15-4-2-3-5-17(15)26)31-20-9-18(27)19(28)10-21(20)32(22)24;1-5-4-2-3-4/h2-10,12H,11H2,1H3,(H,29,31);4-5H,2-3H2,1H3. The average molecular weight is 524 g/mol. The summed E-state index contributed by atoms with van der Waals surface area (Å²) in [5.41, 5.74) is 3.71. The molecule has 0 saturated heterocycles. The highest BCUT2D eigenvalue weighted by Crippen LogP contribution is 2.31. The number of hydrogen-bond donors (Lipinski definition) is 2. The van der Waals surface area contributed by atoms with Crippen molar-refractivity contribution in [1.29, 1.82) is 0 Å². The molecule has 0 bridgehead atoms. The van der Waals surface area contributed by atoms with Crippen LogP contribution in [-0.2, 0) is 6.54 Å². The van der Waals surface area contributed by atoms with Gasteiger partial charge in [-0.2, -0.15) is 0 Å². The van der Waals surface area contributed by atoms with Crippen molar-refractivity contribution in [2.24, 2.45) is 0 Å². The number of nitrogens with one attached hydrogen (secondary N) is 2. The number of rotatable bonds is 5. The van der Waals surface area contributed by atoms with Gasteiger partial charge in [-0.25, -0.2) is 23.1 Å². The summed E-state index contributed by atoms with van der Waals surface area (Å²) in [5, 5.41) is 6.79. The SMILES string of the molecule is CNC1CC1.Cc1ccc(-c2cnc3c(NCc4ccccc4F)nc4cc(F)c(F)cc4n23)cc1Cl. The van der Waals surface area contributed by atoms with E-state index >= 15 is 0 Å². The molecule has 1 aliphatic rings. The van der Waals surface area contributed by atoms with Crippen LogP contribution in [-0.4, -0.2) is 27.5 Å². The van der Waals surface area contributed by atoms with Crippen LogP contribution in [0.2, 0.25) is 5.02 Å². The first-order valence-corrected chi connectivity index (χ1v) is 12.3. The second-order valence-electron chi connectivity index (χ2n) is 8.99. The third kappa shape index (κ3) is 5.26. The van der Waals surface area contributed by atoms with Crippen molar-refractivity contribution >= 4 is 34.1 Å². The second-order valence-corrected chi connectivity index (χ2v) is 9.40. The fourth-order valence-electron chi connectivity index (χ4n) is 3.99. The van der Waals surface area contributed by atoms with Crippen LogP contribution in [0.1, 0.15) is 24.0 Å². The minimum atomic E-state index is -1.01. The maximum absolute atomic E-state index is 14.1. The molecular weight excluding hydrogens is 499 g/mol. The van der Waals surface area contributed by atoms with Crippen molar-refractivity contribution in [1.82, 2.24) is 19.7 Å². The number of imidazole rings is 1. The van der Waals surface area contributed by atoms with E-state index < -0.39 is 11.6 Å². The van der Waals surface area contributed by atoms with Crippen LogP contribution in [0, 0.1) is 24.4 Å². The summed E-state index contributed by atoms with van der Waals surface area (Å²) < 4.78 is 43.9. The monoisotopic (exact) mass is 523 g/mol. The van der Waals surface area contributed by atoms with Gasteiger partial charge in [0.1, 0.15) is 5.82 Å². The van der Waals surface area contributed by atoms with Gasteiger partial charge in [-0.3, -0.25) is 4.40 Å². The van der Waals surface area contributed by atoms with Crippen molar-refractivity contribution in [3.05, 3.63) is 94.4 Å². The molecule has 0 spiro atoms. The first-order chi connectivity index (χ1) is 17.9. The van der Waals surface area contributed by atoms with E-state index in [-0.39, 0.29) is 17.9 Å². The number of fused-ring (bicyclic) bond motifs is 3. The number of aryl methyl sites for hydroxylation is 1. The first-order valence-electron chi connectivity index (χ1n) is 11.9. The molecule has 37 heavy (non-hydrogen) atoms. The highest BCUT2D eigenvalue weighted by molar-refractivity contribution is 6.31. The first kappa shape index (κ1) is 25.0. The Bertz CT molecular complexity index is 1600. The summed E-state index contributed by atoms with van der Waals surface area (Å²) in [5.74, 6) is -2.04. The predicted molar refractivity (Wildman–Crippen MR) is 141 cm³/mol. The third-order valence-corrected chi connectivity index (χ3v) is 6.73. The van der Waals surface area contributed by atoms with Crippen molar-refractivity contribution < 1.29 is 13.2 Å². The largest absolute Gasteiger partial charge is 0.363 e. The van der Waals surface area contributed by atoms with Gasteiger partial charge in [0.15, 0.2) is 23.1 Å². The number of anilines is 1.